The molecule has 6 nitrogen and oxygen atoms in total. The fraction of sp³-hybridized carbons (Fsp3) is 0.588. The van der Waals surface area contributed by atoms with Gasteiger partial charge < -0.3 is 14.9 Å². The van der Waals surface area contributed by atoms with Crippen LogP contribution in [0.2, 0.25) is 0 Å². The van der Waals surface area contributed by atoms with E-state index in [1.165, 1.54) is 0 Å². The Morgan fingerprint density at radius 2 is 1.74 bits per heavy atom. The van der Waals surface area contributed by atoms with Crippen LogP contribution in [0.25, 0.3) is 0 Å². The van der Waals surface area contributed by atoms with Crippen molar-refractivity contribution in [1.82, 2.24) is 9.88 Å². The third kappa shape index (κ3) is 3.46. The summed E-state index contributed by atoms with van der Waals surface area (Å²) in [5.41, 5.74) is 0. The molecule has 2 heterocycles. The average Bonchev–Trinajstić information content (AvgIpc) is 2.62. The number of aromatic nitrogens is 1. The number of anilines is 1. The minimum atomic E-state index is -0.824. The van der Waals surface area contributed by atoms with Crippen molar-refractivity contribution in [2.45, 2.75) is 25.7 Å². The molecule has 0 radical (unpaired) electrons. The van der Waals surface area contributed by atoms with Crippen LogP contribution >= 0.6 is 0 Å². The summed E-state index contributed by atoms with van der Waals surface area (Å²) >= 11 is 0. The van der Waals surface area contributed by atoms with E-state index in [9.17, 15) is 14.7 Å². The monoisotopic (exact) mass is 317 g/mol. The maximum absolute atomic E-state index is 12.7. The van der Waals surface area contributed by atoms with Crippen LogP contribution in [0.4, 0.5) is 5.82 Å². The van der Waals surface area contributed by atoms with E-state index in [4.69, 9.17) is 0 Å². The van der Waals surface area contributed by atoms with E-state index in [1.807, 2.05) is 23.1 Å². The van der Waals surface area contributed by atoms with Gasteiger partial charge in [0.25, 0.3) is 0 Å². The number of carbonyl (C=O) groups excluding carboxylic acids is 1. The highest BCUT2D eigenvalue weighted by molar-refractivity contribution is 5.85. The molecule has 1 amide bonds. The molecule has 1 aromatic heterocycles. The molecule has 1 aliphatic heterocycles. The molecule has 0 bridgehead atoms. The lowest BCUT2D eigenvalue weighted by molar-refractivity contribution is -0.152. The van der Waals surface area contributed by atoms with E-state index in [0.717, 1.165) is 31.7 Å². The van der Waals surface area contributed by atoms with Crippen molar-refractivity contribution in [2.75, 3.05) is 31.1 Å². The molecule has 23 heavy (non-hydrogen) atoms. The largest absolute Gasteiger partial charge is 0.481 e. The Balaban J connectivity index is 1.60. The molecule has 1 N–H and O–H groups in total. The van der Waals surface area contributed by atoms with Gasteiger partial charge in [0, 0.05) is 32.4 Å². The van der Waals surface area contributed by atoms with Gasteiger partial charge in [0.2, 0.25) is 5.91 Å². The van der Waals surface area contributed by atoms with Crippen molar-refractivity contribution in [3.05, 3.63) is 24.4 Å². The summed E-state index contributed by atoms with van der Waals surface area (Å²) < 4.78 is 0. The van der Waals surface area contributed by atoms with E-state index < -0.39 is 11.9 Å². The molecule has 1 saturated carbocycles. The summed E-state index contributed by atoms with van der Waals surface area (Å²) in [6.45, 7) is 2.76. The zero-order chi connectivity index (χ0) is 16.2. The number of carboxylic acid groups (broad SMARTS) is 1. The summed E-state index contributed by atoms with van der Waals surface area (Å²) in [4.78, 5) is 32.5. The van der Waals surface area contributed by atoms with Gasteiger partial charge in [-0.25, -0.2) is 4.98 Å². The van der Waals surface area contributed by atoms with Gasteiger partial charge in [-0.05, 0) is 25.0 Å². The Kier molecular flexibility index (Phi) is 4.79. The number of hydrogen-bond donors (Lipinski definition) is 1. The average molecular weight is 317 g/mol. The minimum absolute atomic E-state index is 0.0257. The van der Waals surface area contributed by atoms with Crippen LogP contribution < -0.4 is 4.90 Å². The molecule has 0 aromatic carbocycles. The summed E-state index contributed by atoms with van der Waals surface area (Å²) in [7, 11) is 0. The summed E-state index contributed by atoms with van der Waals surface area (Å²) in [6.07, 6.45) is 4.96. The molecule has 1 aliphatic carbocycles. The highest BCUT2D eigenvalue weighted by Crippen LogP contribution is 2.32. The molecule has 3 rings (SSSR count). The lowest BCUT2D eigenvalue weighted by Gasteiger charge is -2.38. The number of amides is 1. The SMILES string of the molecule is O=C(O)C1CCCCC1C(=O)N1CCN(c2ccccn2)CC1. The highest BCUT2D eigenvalue weighted by Gasteiger charge is 2.38. The van der Waals surface area contributed by atoms with Crippen LogP contribution in [-0.4, -0.2) is 53.0 Å². The standard InChI is InChI=1S/C17H23N3O3/c21-16(13-5-1-2-6-14(13)17(22)23)20-11-9-19(10-12-20)15-7-3-4-8-18-15/h3-4,7-8,13-14H,1-2,5-6,9-12H2,(H,22,23). The molecule has 124 valence electrons. The second-order valence-electron chi connectivity index (χ2n) is 6.34. The maximum Gasteiger partial charge on any atom is 0.307 e. The predicted octanol–water partition coefficient (Wildman–Crippen LogP) is 1.62. The van der Waals surface area contributed by atoms with Crippen molar-refractivity contribution >= 4 is 17.7 Å². The van der Waals surface area contributed by atoms with Gasteiger partial charge in [0.15, 0.2) is 0 Å². The van der Waals surface area contributed by atoms with Crippen molar-refractivity contribution < 1.29 is 14.7 Å². The van der Waals surface area contributed by atoms with Gasteiger partial charge in [0.05, 0.1) is 11.8 Å². The number of hydrogen-bond acceptors (Lipinski definition) is 4. The molecule has 2 aliphatic rings. The molecule has 6 heteroatoms. The van der Waals surface area contributed by atoms with Gasteiger partial charge in [-0.15, -0.1) is 0 Å². The summed E-state index contributed by atoms with van der Waals surface area (Å²) in [5.74, 6) is -0.721. The fourth-order valence-electron chi connectivity index (χ4n) is 3.65. The third-order valence-corrected chi connectivity index (χ3v) is 4.96. The first-order valence-corrected chi connectivity index (χ1v) is 8.34. The molecule has 2 unspecified atom stereocenters. The second kappa shape index (κ2) is 6.98. The second-order valence-corrected chi connectivity index (χ2v) is 6.34. The van der Waals surface area contributed by atoms with Gasteiger partial charge in [-0.3, -0.25) is 9.59 Å². The molecule has 0 spiro atoms. The number of carbonyl (C=O) groups is 2. The fourth-order valence-corrected chi connectivity index (χ4v) is 3.65. The number of piperazine rings is 1. The lowest BCUT2D eigenvalue weighted by atomic mass is 9.78. The molecular formula is C17H23N3O3. The normalized spacial score (nSPS) is 25.2. The van der Waals surface area contributed by atoms with Crippen molar-refractivity contribution in [3.63, 3.8) is 0 Å². The third-order valence-electron chi connectivity index (χ3n) is 4.96. The van der Waals surface area contributed by atoms with Gasteiger partial charge in [-0.2, -0.15) is 0 Å². The van der Waals surface area contributed by atoms with E-state index in [-0.39, 0.29) is 11.8 Å². The number of pyridine rings is 1. The van der Waals surface area contributed by atoms with Gasteiger partial charge >= 0.3 is 5.97 Å². The predicted molar refractivity (Wildman–Crippen MR) is 86.1 cm³/mol. The summed E-state index contributed by atoms with van der Waals surface area (Å²) in [6, 6.07) is 5.82. The van der Waals surface area contributed by atoms with E-state index in [1.54, 1.807) is 6.20 Å². The van der Waals surface area contributed by atoms with Crippen molar-refractivity contribution in [1.29, 1.82) is 0 Å². The van der Waals surface area contributed by atoms with Crippen LogP contribution in [0.3, 0.4) is 0 Å². The zero-order valence-electron chi connectivity index (χ0n) is 13.2. The lowest BCUT2D eigenvalue weighted by Crippen LogP contribution is -2.52. The maximum atomic E-state index is 12.7. The van der Waals surface area contributed by atoms with Crippen LogP contribution in [0.1, 0.15) is 25.7 Å². The molecule has 1 aromatic rings. The number of rotatable bonds is 3. The Morgan fingerprint density at radius 3 is 2.35 bits per heavy atom. The molecule has 2 atom stereocenters. The van der Waals surface area contributed by atoms with E-state index in [2.05, 4.69) is 9.88 Å². The Hall–Kier alpha value is -2.11. The van der Waals surface area contributed by atoms with Crippen LogP contribution in [-0.2, 0) is 9.59 Å². The topological polar surface area (TPSA) is 73.7 Å². The van der Waals surface area contributed by atoms with Crippen LogP contribution in [0.5, 0.6) is 0 Å². The van der Waals surface area contributed by atoms with Crippen molar-refractivity contribution in [3.8, 4) is 0 Å². The van der Waals surface area contributed by atoms with Crippen molar-refractivity contribution in [2.24, 2.45) is 11.8 Å². The van der Waals surface area contributed by atoms with Crippen LogP contribution in [0.15, 0.2) is 24.4 Å². The minimum Gasteiger partial charge on any atom is -0.481 e. The Labute approximate surface area is 136 Å². The van der Waals surface area contributed by atoms with Gasteiger partial charge in [-0.1, -0.05) is 18.9 Å². The Morgan fingerprint density at radius 1 is 1.04 bits per heavy atom. The quantitative estimate of drug-likeness (QED) is 0.917. The smallest absolute Gasteiger partial charge is 0.307 e. The first-order valence-electron chi connectivity index (χ1n) is 8.34. The zero-order valence-corrected chi connectivity index (χ0v) is 13.2. The van der Waals surface area contributed by atoms with E-state index >= 15 is 0 Å². The van der Waals surface area contributed by atoms with Gasteiger partial charge in [0.1, 0.15) is 5.82 Å². The van der Waals surface area contributed by atoms with Crippen LogP contribution in [0, 0.1) is 11.8 Å². The number of aliphatic carboxylic acids is 1. The highest BCUT2D eigenvalue weighted by atomic mass is 16.4. The Bertz CT molecular complexity index is 555. The first-order chi connectivity index (χ1) is 11.2. The molecule has 1 saturated heterocycles. The summed E-state index contributed by atoms with van der Waals surface area (Å²) in [5, 5.41) is 9.36. The number of nitrogens with zero attached hydrogens (tertiary/aromatic N) is 3. The van der Waals surface area contributed by atoms with E-state index in [0.29, 0.717) is 25.9 Å². The molecule has 2 fully saturated rings. The molecular weight excluding hydrogens is 294 g/mol. The first kappa shape index (κ1) is 15.8. The number of carboxylic acids is 1.